The summed E-state index contributed by atoms with van der Waals surface area (Å²) in [4.78, 5) is 28.2. The maximum atomic E-state index is 12.0. The van der Waals surface area contributed by atoms with Crippen LogP contribution in [0.1, 0.15) is 36.4 Å². The number of carbonyl (C=O) groups excluding carboxylic acids is 1. The number of likely N-dealkylation sites (tertiary alicyclic amines) is 1. The quantitative estimate of drug-likeness (QED) is 0.279. The summed E-state index contributed by atoms with van der Waals surface area (Å²) in [6.45, 7) is 5.13. The van der Waals surface area contributed by atoms with Crippen molar-refractivity contribution < 1.29 is 9.53 Å². The molecular formula is C32H33N9O2. The zero-order chi connectivity index (χ0) is 29.5. The number of piperidine rings is 1. The topological polar surface area (TPSA) is 129 Å². The van der Waals surface area contributed by atoms with Crippen LogP contribution in [0, 0.1) is 0 Å². The predicted molar refractivity (Wildman–Crippen MR) is 164 cm³/mol. The Bertz CT molecular complexity index is 1820. The van der Waals surface area contributed by atoms with Gasteiger partial charge >= 0.3 is 0 Å². The van der Waals surface area contributed by atoms with Crippen molar-refractivity contribution in [3.8, 4) is 28.6 Å². The number of anilines is 1. The maximum absolute atomic E-state index is 12.0. The molecule has 0 radical (unpaired) electrons. The van der Waals surface area contributed by atoms with E-state index in [9.17, 15) is 4.79 Å². The van der Waals surface area contributed by atoms with Crippen molar-refractivity contribution in [1.82, 2.24) is 39.5 Å². The first-order valence-corrected chi connectivity index (χ1v) is 14.5. The number of aromatic nitrogens is 6. The summed E-state index contributed by atoms with van der Waals surface area (Å²) >= 11 is 0. The molecule has 1 saturated heterocycles. The number of nitrogens with zero attached hydrogens (tertiary/aromatic N) is 7. The van der Waals surface area contributed by atoms with Crippen LogP contribution in [0.4, 0.5) is 5.82 Å². The summed E-state index contributed by atoms with van der Waals surface area (Å²) in [6, 6.07) is 14.7. The molecule has 1 aliphatic carbocycles. The van der Waals surface area contributed by atoms with Gasteiger partial charge in [-0.05, 0) is 73.2 Å². The molecule has 218 valence electrons. The summed E-state index contributed by atoms with van der Waals surface area (Å²) in [6.07, 6.45) is 10.5. The van der Waals surface area contributed by atoms with E-state index in [2.05, 4.69) is 40.2 Å². The maximum Gasteiger partial charge on any atom is 0.245 e. The van der Waals surface area contributed by atoms with Crippen molar-refractivity contribution in [2.45, 2.75) is 37.8 Å². The molecule has 43 heavy (non-hydrogen) atoms. The molecule has 1 fully saturated rings. The molecule has 1 amide bonds. The third-order valence-corrected chi connectivity index (χ3v) is 8.49. The Hall–Kier alpha value is -5.03. The highest BCUT2D eigenvalue weighted by atomic mass is 16.5. The van der Waals surface area contributed by atoms with Gasteiger partial charge in [-0.1, -0.05) is 12.6 Å². The lowest BCUT2D eigenvalue weighted by Gasteiger charge is -2.33. The number of hydrogen-bond donors (Lipinski definition) is 2. The first-order chi connectivity index (χ1) is 21.0. The molecule has 3 N–H and O–H groups in total. The molecule has 1 aromatic carbocycles. The number of amides is 1. The number of rotatable bonds is 7. The molecule has 7 rings (SSSR count). The first kappa shape index (κ1) is 26.8. The average molecular weight is 576 g/mol. The van der Waals surface area contributed by atoms with Crippen LogP contribution in [0.15, 0.2) is 73.7 Å². The van der Waals surface area contributed by atoms with Gasteiger partial charge in [-0.2, -0.15) is 5.10 Å². The number of benzene rings is 1. The van der Waals surface area contributed by atoms with Gasteiger partial charge in [-0.3, -0.25) is 9.36 Å². The van der Waals surface area contributed by atoms with Crippen LogP contribution in [-0.4, -0.2) is 66.3 Å². The fourth-order valence-corrected chi connectivity index (χ4v) is 6.31. The zero-order valence-corrected chi connectivity index (χ0v) is 24.0. The average Bonchev–Trinajstić information content (AvgIpc) is 3.80. The molecule has 0 spiro atoms. The van der Waals surface area contributed by atoms with Crippen LogP contribution in [-0.2, 0) is 11.2 Å². The minimum absolute atomic E-state index is 0.0143. The van der Waals surface area contributed by atoms with Crippen molar-refractivity contribution >= 4 is 22.9 Å². The number of carbonyl (C=O) groups is 1. The Morgan fingerprint density at radius 3 is 2.72 bits per heavy atom. The van der Waals surface area contributed by atoms with Crippen LogP contribution in [0.3, 0.4) is 0 Å². The normalized spacial score (nSPS) is 16.9. The largest absolute Gasteiger partial charge is 0.494 e. The second-order valence-corrected chi connectivity index (χ2v) is 11.0. The van der Waals surface area contributed by atoms with E-state index < -0.39 is 0 Å². The minimum Gasteiger partial charge on any atom is -0.494 e. The van der Waals surface area contributed by atoms with Gasteiger partial charge in [0.1, 0.15) is 5.82 Å². The predicted octanol–water partition coefficient (Wildman–Crippen LogP) is 4.01. The van der Waals surface area contributed by atoms with E-state index in [1.807, 2.05) is 39.9 Å². The van der Waals surface area contributed by atoms with Gasteiger partial charge in [-0.15, -0.1) is 0 Å². The molecule has 5 aromatic rings. The van der Waals surface area contributed by atoms with Gasteiger partial charge in [0.25, 0.3) is 0 Å². The summed E-state index contributed by atoms with van der Waals surface area (Å²) in [5.74, 6) is 2.24. The van der Waals surface area contributed by atoms with Crippen molar-refractivity contribution in [3.05, 3.63) is 84.8 Å². The minimum atomic E-state index is 0.0143. The van der Waals surface area contributed by atoms with Crippen LogP contribution in [0.5, 0.6) is 5.75 Å². The SMILES string of the molecule is C=CC(=O)N1CCC(N[C@H]2CCc3cc(-n4c(-c5cccnc5N)nc5c(OC)cc(-n6cccn6)nc54)ccc32)CC1. The highest BCUT2D eigenvalue weighted by Gasteiger charge is 2.29. The monoisotopic (exact) mass is 575 g/mol. The van der Waals surface area contributed by atoms with E-state index in [4.69, 9.17) is 20.4 Å². The van der Waals surface area contributed by atoms with Crippen molar-refractivity contribution in [2.24, 2.45) is 0 Å². The third-order valence-electron chi connectivity index (χ3n) is 8.49. The van der Waals surface area contributed by atoms with Crippen LogP contribution < -0.4 is 15.8 Å². The molecule has 0 unspecified atom stereocenters. The zero-order valence-electron chi connectivity index (χ0n) is 24.0. The molecule has 1 atom stereocenters. The lowest BCUT2D eigenvalue weighted by atomic mass is 10.0. The van der Waals surface area contributed by atoms with Crippen molar-refractivity contribution in [2.75, 3.05) is 25.9 Å². The van der Waals surface area contributed by atoms with E-state index in [0.717, 1.165) is 44.5 Å². The summed E-state index contributed by atoms with van der Waals surface area (Å²) in [5, 5.41) is 8.25. The van der Waals surface area contributed by atoms with Crippen LogP contribution >= 0.6 is 0 Å². The fraction of sp³-hybridized carbons (Fsp3) is 0.281. The van der Waals surface area contributed by atoms with Gasteiger partial charge in [0.15, 0.2) is 28.6 Å². The number of fused-ring (bicyclic) bond motifs is 2. The number of imidazole rings is 1. The Morgan fingerprint density at radius 1 is 1.12 bits per heavy atom. The number of methoxy groups -OCH3 is 1. The van der Waals surface area contributed by atoms with E-state index in [0.29, 0.717) is 46.0 Å². The summed E-state index contributed by atoms with van der Waals surface area (Å²) in [7, 11) is 1.63. The lowest BCUT2D eigenvalue weighted by molar-refractivity contribution is -0.127. The van der Waals surface area contributed by atoms with Crippen molar-refractivity contribution in [1.29, 1.82) is 0 Å². The third kappa shape index (κ3) is 4.81. The van der Waals surface area contributed by atoms with Gasteiger partial charge in [0, 0.05) is 55.5 Å². The number of ether oxygens (including phenoxy) is 1. The van der Waals surface area contributed by atoms with E-state index in [-0.39, 0.29) is 11.9 Å². The highest BCUT2D eigenvalue weighted by Crippen LogP contribution is 2.38. The van der Waals surface area contributed by atoms with E-state index in [1.165, 1.54) is 17.2 Å². The highest BCUT2D eigenvalue weighted by molar-refractivity contribution is 5.88. The molecule has 5 heterocycles. The lowest BCUT2D eigenvalue weighted by Crippen LogP contribution is -2.45. The molecule has 0 bridgehead atoms. The Balaban J connectivity index is 1.27. The standard InChI is InChI=1S/C32H33N9O2/c1-3-28(42)39-16-11-21(12-17-39)36-25-10-7-20-18-22(8-9-23(20)25)41-31(24-6-4-13-34-30(24)33)38-29-26(43-2)19-27(37-32(29)41)40-15-5-14-35-40/h3-6,8-9,13-15,18-19,21,25,36H,1,7,10-12,16-17H2,2H3,(H2,33,34)/t25-/m0/s1. The number of hydrogen-bond acceptors (Lipinski definition) is 8. The molecule has 1 aliphatic heterocycles. The van der Waals surface area contributed by atoms with E-state index >= 15 is 0 Å². The van der Waals surface area contributed by atoms with Gasteiger partial charge in [-0.25, -0.2) is 19.6 Å². The fourth-order valence-electron chi connectivity index (χ4n) is 6.31. The number of nitrogens with two attached hydrogens (primary N) is 1. The number of pyridine rings is 2. The molecular weight excluding hydrogens is 542 g/mol. The second-order valence-electron chi connectivity index (χ2n) is 11.0. The summed E-state index contributed by atoms with van der Waals surface area (Å²) in [5.41, 5.74) is 11.9. The number of aryl methyl sites for hydroxylation is 1. The number of nitrogen functional groups attached to an aromatic ring is 1. The van der Waals surface area contributed by atoms with Crippen LogP contribution in [0.25, 0.3) is 34.1 Å². The molecule has 0 saturated carbocycles. The summed E-state index contributed by atoms with van der Waals surface area (Å²) < 4.78 is 9.52. The second kappa shape index (κ2) is 11.0. The molecule has 11 nitrogen and oxygen atoms in total. The number of nitrogens with one attached hydrogen (secondary N) is 1. The molecule has 4 aromatic heterocycles. The van der Waals surface area contributed by atoms with Gasteiger partial charge < -0.3 is 20.7 Å². The molecule has 11 heteroatoms. The smallest absolute Gasteiger partial charge is 0.245 e. The van der Waals surface area contributed by atoms with Crippen molar-refractivity contribution in [3.63, 3.8) is 0 Å². The van der Waals surface area contributed by atoms with E-state index in [1.54, 1.807) is 24.2 Å². The van der Waals surface area contributed by atoms with Gasteiger partial charge in [0.2, 0.25) is 5.91 Å². The Morgan fingerprint density at radius 2 is 1.98 bits per heavy atom. The Kier molecular flexibility index (Phi) is 6.86. The first-order valence-electron chi connectivity index (χ1n) is 14.5. The Labute approximate surface area is 249 Å². The van der Waals surface area contributed by atoms with Crippen LogP contribution in [0.2, 0.25) is 0 Å². The van der Waals surface area contributed by atoms with Gasteiger partial charge in [0.05, 0.1) is 12.7 Å². The molecule has 2 aliphatic rings.